The fourth-order valence-corrected chi connectivity index (χ4v) is 0.947. The average molecular weight is 200 g/mol. The van der Waals surface area contributed by atoms with E-state index in [9.17, 15) is 4.79 Å². The summed E-state index contributed by atoms with van der Waals surface area (Å²) in [6.07, 6.45) is 0.253. The maximum absolute atomic E-state index is 10.7. The largest absolute Gasteiger partial charge is 0.364 e. The molecule has 0 bridgehead atoms. The van der Waals surface area contributed by atoms with E-state index in [0.29, 0.717) is 6.54 Å². The highest BCUT2D eigenvalue weighted by Crippen LogP contribution is 2.08. The molecule has 0 spiro atoms. The van der Waals surface area contributed by atoms with Gasteiger partial charge in [0.05, 0.1) is 19.0 Å². The number of nitrogens with zero attached hydrogens (tertiary/aromatic N) is 4. The van der Waals surface area contributed by atoms with Crippen LogP contribution in [0.5, 0.6) is 0 Å². The second-order valence-electron chi connectivity index (χ2n) is 2.21. The second kappa shape index (κ2) is 3.87. The molecule has 1 rings (SSSR count). The Morgan fingerprint density at radius 2 is 2.38 bits per heavy atom. The normalized spacial score (nSPS) is 9.54. The van der Waals surface area contributed by atoms with Crippen molar-refractivity contribution in [2.75, 3.05) is 0 Å². The third kappa shape index (κ3) is 2.16. The Balaban J connectivity index is 2.84. The molecule has 0 fully saturated rings. The summed E-state index contributed by atoms with van der Waals surface area (Å²) in [5, 5.41) is 15.6. The van der Waals surface area contributed by atoms with E-state index in [-0.39, 0.29) is 17.3 Å². The van der Waals surface area contributed by atoms with Gasteiger partial charge in [-0.15, -0.1) is 10.2 Å². The molecule has 0 radical (unpaired) electrons. The Labute approximate surface area is 78.9 Å². The molecule has 0 aliphatic rings. The van der Waals surface area contributed by atoms with Gasteiger partial charge in [0.25, 0.3) is 5.91 Å². The molecule has 1 heterocycles. The summed E-state index contributed by atoms with van der Waals surface area (Å²) in [6, 6.07) is 1.91. The smallest absolute Gasteiger partial charge is 0.272 e. The van der Waals surface area contributed by atoms with Crippen LogP contribution in [0.2, 0.25) is 5.15 Å². The number of primary amides is 1. The van der Waals surface area contributed by atoms with Crippen molar-refractivity contribution in [3.8, 4) is 6.07 Å². The van der Waals surface area contributed by atoms with Crippen molar-refractivity contribution < 1.29 is 4.79 Å². The van der Waals surface area contributed by atoms with Gasteiger partial charge in [0, 0.05) is 0 Å². The van der Waals surface area contributed by atoms with E-state index >= 15 is 0 Å². The fourth-order valence-electron chi connectivity index (χ4n) is 0.729. The van der Waals surface area contributed by atoms with Gasteiger partial charge in [-0.05, 0) is 0 Å². The number of carbonyl (C=O) groups excluding carboxylic acids is 1. The van der Waals surface area contributed by atoms with Crippen molar-refractivity contribution in [1.82, 2.24) is 15.0 Å². The van der Waals surface area contributed by atoms with E-state index in [1.54, 1.807) is 0 Å². The molecule has 0 aliphatic carbocycles. The van der Waals surface area contributed by atoms with Crippen molar-refractivity contribution in [2.45, 2.75) is 13.0 Å². The Morgan fingerprint density at radius 1 is 1.69 bits per heavy atom. The highest BCUT2D eigenvalue weighted by atomic mass is 35.5. The van der Waals surface area contributed by atoms with Crippen molar-refractivity contribution >= 4 is 17.5 Å². The third-order valence-corrected chi connectivity index (χ3v) is 1.53. The van der Waals surface area contributed by atoms with Crippen LogP contribution in [0, 0.1) is 11.3 Å². The first-order valence-electron chi connectivity index (χ1n) is 3.42. The fraction of sp³-hybridized carbons (Fsp3) is 0.333. The predicted molar refractivity (Wildman–Crippen MR) is 43.8 cm³/mol. The minimum Gasteiger partial charge on any atom is -0.364 e. The van der Waals surface area contributed by atoms with Crippen LogP contribution in [0.1, 0.15) is 16.9 Å². The SMILES string of the molecule is N#CCCn1nc(Cl)c(C(N)=O)n1. The van der Waals surface area contributed by atoms with Crippen LogP contribution in [-0.4, -0.2) is 20.9 Å². The number of rotatable bonds is 3. The first-order chi connectivity index (χ1) is 6.15. The molecular formula is C6H6ClN5O. The van der Waals surface area contributed by atoms with E-state index in [1.165, 1.54) is 4.80 Å². The van der Waals surface area contributed by atoms with Crippen molar-refractivity contribution in [3.05, 3.63) is 10.8 Å². The lowest BCUT2D eigenvalue weighted by Gasteiger charge is -1.90. The maximum atomic E-state index is 10.7. The molecule has 0 saturated carbocycles. The van der Waals surface area contributed by atoms with Gasteiger partial charge in [0.1, 0.15) is 0 Å². The number of aromatic nitrogens is 3. The lowest BCUT2D eigenvalue weighted by Crippen LogP contribution is -2.13. The van der Waals surface area contributed by atoms with Crippen molar-refractivity contribution in [1.29, 1.82) is 5.26 Å². The highest BCUT2D eigenvalue weighted by molar-refractivity contribution is 6.32. The van der Waals surface area contributed by atoms with Gasteiger partial charge < -0.3 is 5.73 Å². The summed E-state index contributed by atoms with van der Waals surface area (Å²) in [5.74, 6) is -0.729. The van der Waals surface area contributed by atoms with Crippen LogP contribution in [0.3, 0.4) is 0 Å². The van der Waals surface area contributed by atoms with Gasteiger partial charge >= 0.3 is 0 Å². The van der Waals surface area contributed by atoms with Crippen molar-refractivity contribution in [2.24, 2.45) is 5.73 Å². The topological polar surface area (TPSA) is 97.6 Å². The monoisotopic (exact) mass is 199 g/mol. The van der Waals surface area contributed by atoms with Gasteiger partial charge in [-0.1, -0.05) is 11.6 Å². The number of aryl methyl sites for hydroxylation is 1. The standard InChI is InChI=1S/C6H6ClN5O/c7-5-4(6(9)13)10-12(11-5)3-1-2-8/h1,3H2,(H2,9,13). The first kappa shape index (κ1) is 9.48. The number of nitrogens with two attached hydrogens (primary N) is 1. The van der Waals surface area contributed by atoms with E-state index in [1.807, 2.05) is 6.07 Å². The van der Waals surface area contributed by atoms with Gasteiger partial charge in [-0.25, -0.2) is 0 Å². The molecule has 68 valence electrons. The second-order valence-corrected chi connectivity index (χ2v) is 2.57. The zero-order valence-electron chi connectivity index (χ0n) is 6.57. The van der Waals surface area contributed by atoms with Gasteiger partial charge in [-0.2, -0.15) is 10.1 Å². The minimum absolute atomic E-state index is 0.0366. The van der Waals surface area contributed by atoms with Crippen LogP contribution in [-0.2, 0) is 6.54 Å². The van der Waals surface area contributed by atoms with E-state index < -0.39 is 5.91 Å². The Kier molecular flexibility index (Phi) is 2.82. The third-order valence-electron chi connectivity index (χ3n) is 1.27. The van der Waals surface area contributed by atoms with Crippen LogP contribution < -0.4 is 5.73 Å². The van der Waals surface area contributed by atoms with Crippen LogP contribution in [0.25, 0.3) is 0 Å². The molecule has 1 amide bonds. The van der Waals surface area contributed by atoms with Crippen molar-refractivity contribution in [3.63, 3.8) is 0 Å². The summed E-state index contributed by atoms with van der Waals surface area (Å²) in [5.41, 5.74) is 4.88. The Hall–Kier alpha value is -1.61. The van der Waals surface area contributed by atoms with Gasteiger partial charge in [-0.3, -0.25) is 4.79 Å². The van der Waals surface area contributed by atoms with Gasteiger partial charge in [0.2, 0.25) is 0 Å². The Bertz CT molecular complexity index is 366. The molecule has 2 N–H and O–H groups in total. The molecule has 0 aromatic carbocycles. The highest BCUT2D eigenvalue weighted by Gasteiger charge is 2.13. The zero-order chi connectivity index (χ0) is 9.84. The number of amides is 1. The number of nitriles is 1. The average Bonchev–Trinajstić information content (AvgIpc) is 2.43. The Morgan fingerprint density at radius 3 is 2.85 bits per heavy atom. The number of halogens is 1. The number of hydrogen-bond acceptors (Lipinski definition) is 4. The van der Waals surface area contributed by atoms with Crippen LogP contribution in [0.4, 0.5) is 0 Å². The molecular weight excluding hydrogens is 194 g/mol. The molecule has 1 aromatic rings. The number of hydrogen-bond donors (Lipinski definition) is 1. The minimum atomic E-state index is -0.729. The predicted octanol–water partition coefficient (Wildman–Crippen LogP) is -0.0559. The summed E-state index contributed by atoms with van der Waals surface area (Å²) < 4.78 is 0. The quantitative estimate of drug-likeness (QED) is 0.738. The van der Waals surface area contributed by atoms with Crippen LogP contribution in [0.15, 0.2) is 0 Å². The first-order valence-corrected chi connectivity index (χ1v) is 3.80. The molecule has 0 saturated heterocycles. The molecule has 13 heavy (non-hydrogen) atoms. The summed E-state index contributed by atoms with van der Waals surface area (Å²) in [7, 11) is 0. The summed E-state index contributed by atoms with van der Waals surface area (Å²) in [6.45, 7) is 0.295. The molecule has 7 heteroatoms. The zero-order valence-corrected chi connectivity index (χ0v) is 7.32. The maximum Gasteiger partial charge on any atom is 0.272 e. The van der Waals surface area contributed by atoms with E-state index in [0.717, 1.165) is 0 Å². The molecule has 1 aromatic heterocycles. The molecule has 0 atom stereocenters. The molecule has 0 unspecified atom stereocenters. The lowest BCUT2D eigenvalue weighted by atomic mass is 10.5. The number of carbonyl (C=O) groups is 1. The lowest BCUT2D eigenvalue weighted by molar-refractivity contribution is 0.0995. The summed E-state index contributed by atoms with van der Waals surface area (Å²) in [4.78, 5) is 11.8. The van der Waals surface area contributed by atoms with Gasteiger partial charge in [0.15, 0.2) is 10.8 Å². The molecule has 0 aliphatic heterocycles. The van der Waals surface area contributed by atoms with E-state index in [2.05, 4.69) is 10.2 Å². The summed E-state index contributed by atoms with van der Waals surface area (Å²) >= 11 is 5.54. The van der Waals surface area contributed by atoms with E-state index in [4.69, 9.17) is 22.6 Å². The van der Waals surface area contributed by atoms with Crippen LogP contribution >= 0.6 is 11.6 Å². The molecule has 6 nitrogen and oxygen atoms in total.